The number of rotatable bonds is 2. The van der Waals surface area contributed by atoms with Crippen LogP contribution in [-0.4, -0.2) is 13.1 Å². The van der Waals surface area contributed by atoms with Crippen molar-refractivity contribution in [3.05, 3.63) is 35.4 Å². The van der Waals surface area contributed by atoms with Crippen molar-refractivity contribution in [1.29, 1.82) is 5.26 Å². The highest BCUT2D eigenvalue weighted by Gasteiger charge is 2.32. The van der Waals surface area contributed by atoms with Crippen LogP contribution in [0.4, 0.5) is 0 Å². The van der Waals surface area contributed by atoms with Crippen LogP contribution in [0.2, 0.25) is 0 Å². The number of benzene rings is 1. The van der Waals surface area contributed by atoms with Crippen molar-refractivity contribution in [3.63, 3.8) is 0 Å². The molecule has 0 amide bonds. The van der Waals surface area contributed by atoms with Crippen molar-refractivity contribution in [2.45, 2.75) is 19.3 Å². The van der Waals surface area contributed by atoms with Gasteiger partial charge in [-0.15, -0.1) is 0 Å². The van der Waals surface area contributed by atoms with Crippen molar-refractivity contribution >= 4 is 5.97 Å². The number of carbonyl (C=O) groups excluding carboxylic acids is 1. The fourth-order valence-corrected chi connectivity index (χ4v) is 1.49. The van der Waals surface area contributed by atoms with E-state index in [1.807, 2.05) is 0 Å². The lowest BCUT2D eigenvalue weighted by Crippen LogP contribution is -2.31. The van der Waals surface area contributed by atoms with Crippen molar-refractivity contribution in [2.24, 2.45) is 0 Å². The van der Waals surface area contributed by atoms with Gasteiger partial charge in [-0.1, -0.05) is 18.2 Å². The maximum absolute atomic E-state index is 11.6. The second kappa shape index (κ2) is 4.14. The highest BCUT2D eigenvalue weighted by Crippen LogP contribution is 2.27. The molecule has 0 aromatic heterocycles. The summed E-state index contributed by atoms with van der Waals surface area (Å²) in [4.78, 5) is 11.6. The molecule has 0 spiro atoms. The van der Waals surface area contributed by atoms with Gasteiger partial charge >= 0.3 is 5.97 Å². The first-order valence-electron chi connectivity index (χ1n) is 4.62. The maximum Gasteiger partial charge on any atom is 0.315 e. The van der Waals surface area contributed by atoms with Crippen LogP contribution in [0.25, 0.3) is 0 Å². The molecule has 0 aliphatic rings. The largest absolute Gasteiger partial charge is 0.468 e. The van der Waals surface area contributed by atoms with E-state index in [1.165, 1.54) is 7.11 Å². The smallest absolute Gasteiger partial charge is 0.315 e. The van der Waals surface area contributed by atoms with Gasteiger partial charge in [0.25, 0.3) is 0 Å². The van der Waals surface area contributed by atoms with Crippen LogP contribution in [0.5, 0.6) is 0 Å². The molecule has 0 aliphatic carbocycles. The Kier molecular flexibility index (Phi) is 3.11. The Balaban J connectivity index is 3.27. The lowest BCUT2D eigenvalue weighted by atomic mass is 9.82. The standard InChI is InChI=1S/C12H13NO2/c1-12(2,11(14)15-3)10-7-5-4-6-9(10)8-13/h4-7H,1-3H3. The molecule has 0 bridgehead atoms. The first kappa shape index (κ1) is 11.3. The molecule has 1 rings (SSSR count). The molecule has 1 aromatic rings. The van der Waals surface area contributed by atoms with E-state index >= 15 is 0 Å². The van der Waals surface area contributed by atoms with Gasteiger partial charge in [0.15, 0.2) is 0 Å². The van der Waals surface area contributed by atoms with Crippen LogP contribution < -0.4 is 0 Å². The van der Waals surface area contributed by atoms with Crippen LogP contribution in [-0.2, 0) is 14.9 Å². The molecule has 0 fully saturated rings. The van der Waals surface area contributed by atoms with E-state index in [4.69, 9.17) is 10.00 Å². The van der Waals surface area contributed by atoms with Crippen LogP contribution in [0, 0.1) is 11.3 Å². The van der Waals surface area contributed by atoms with Crippen LogP contribution >= 0.6 is 0 Å². The summed E-state index contributed by atoms with van der Waals surface area (Å²) in [6.45, 7) is 3.49. The number of carbonyl (C=O) groups is 1. The SMILES string of the molecule is COC(=O)C(C)(C)c1ccccc1C#N. The molecule has 15 heavy (non-hydrogen) atoms. The highest BCUT2D eigenvalue weighted by atomic mass is 16.5. The van der Waals surface area contributed by atoms with Crippen molar-refractivity contribution < 1.29 is 9.53 Å². The molecule has 1 aromatic carbocycles. The number of nitriles is 1. The molecule has 0 N–H and O–H groups in total. The molecule has 0 heterocycles. The minimum atomic E-state index is -0.791. The average molecular weight is 203 g/mol. The van der Waals surface area contributed by atoms with Crippen LogP contribution in [0.15, 0.2) is 24.3 Å². The third-order valence-corrected chi connectivity index (χ3v) is 2.42. The number of methoxy groups -OCH3 is 1. The zero-order valence-corrected chi connectivity index (χ0v) is 9.07. The summed E-state index contributed by atoms with van der Waals surface area (Å²) in [5.74, 6) is -0.342. The molecule has 0 saturated carbocycles. The van der Waals surface area contributed by atoms with E-state index in [2.05, 4.69) is 6.07 Å². The summed E-state index contributed by atoms with van der Waals surface area (Å²) in [7, 11) is 1.35. The minimum Gasteiger partial charge on any atom is -0.468 e. The molecule has 3 heteroatoms. The summed E-state index contributed by atoms with van der Waals surface area (Å²) in [6, 6.07) is 9.12. The lowest BCUT2D eigenvalue weighted by Gasteiger charge is -2.22. The molecular weight excluding hydrogens is 190 g/mol. The van der Waals surface area contributed by atoms with Gasteiger partial charge < -0.3 is 4.74 Å². The van der Waals surface area contributed by atoms with Crippen molar-refractivity contribution in [3.8, 4) is 6.07 Å². The molecule has 0 saturated heterocycles. The van der Waals surface area contributed by atoms with Gasteiger partial charge in [0.2, 0.25) is 0 Å². The van der Waals surface area contributed by atoms with Crippen molar-refractivity contribution in [1.82, 2.24) is 0 Å². The van der Waals surface area contributed by atoms with Gasteiger partial charge in [0, 0.05) is 0 Å². The zero-order valence-electron chi connectivity index (χ0n) is 9.07. The predicted molar refractivity (Wildman–Crippen MR) is 56.2 cm³/mol. The molecule has 3 nitrogen and oxygen atoms in total. The van der Waals surface area contributed by atoms with E-state index in [1.54, 1.807) is 38.1 Å². The molecule has 78 valence electrons. The van der Waals surface area contributed by atoms with Gasteiger partial charge in [-0.05, 0) is 25.5 Å². The molecule has 0 radical (unpaired) electrons. The normalized spacial score (nSPS) is 10.5. The Labute approximate surface area is 89.3 Å². The number of esters is 1. The maximum atomic E-state index is 11.6. The van der Waals surface area contributed by atoms with Gasteiger partial charge in [-0.25, -0.2) is 0 Å². The average Bonchev–Trinajstić information content (AvgIpc) is 2.27. The summed E-state index contributed by atoms with van der Waals surface area (Å²) in [5.41, 5.74) is 0.411. The van der Waals surface area contributed by atoms with E-state index < -0.39 is 5.41 Å². The minimum absolute atomic E-state index is 0.342. The Morgan fingerprint density at radius 2 is 2.00 bits per heavy atom. The number of hydrogen-bond acceptors (Lipinski definition) is 3. The fourth-order valence-electron chi connectivity index (χ4n) is 1.49. The molecule has 0 aliphatic heterocycles. The Morgan fingerprint density at radius 3 is 2.53 bits per heavy atom. The zero-order chi connectivity index (χ0) is 11.5. The Bertz CT molecular complexity index is 416. The van der Waals surface area contributed by atoms with Gasteiger partial charge in [-0.3, -0.25) is 4.79 Å². The third kappa shape index (κ3) is 1.99. The first-order valence-corrected chi connectivity index (χ1v) is 4.62. The van der Waals surface area contributed by atoms with Crippen molar-refractivity contribution in [2.75, 3.05) is 7.11 Å². The lowest BCUT2D eigenvalue weighted by molar-refractivity contribution is -0.146. The van der Waals surface area contributed by atoms with Crippen LogP contribution in [0.1, 0.15) is 25.0 Å². The summed E-state index contributed by atoms with van der Waals surface area (Å²) in [6.07, 6.45) is 0. The van der Waals surface area contributed by atoms with E-state index in [-0.39, 0.29) is 5.97 Å². The summed E-state index contributed by atoms with van der Waals surface area (Å²) >= 11 is 0. The predicted octanol–water partition coefficient (Wildman–Crippen LogP) is 2.01. The second-order valence-electron chi connectivity index (χ2n) is 3.77. The first-order chi connectivity index (χ1) is 7.04. The summed E-state index contributed by atoms with van der Waals surface area (Å²) in [5, 5.41) is 8.93. The monoisotopic (exact) mass is 203 g/mol. The Hall–Kier alpha value is -1.82. The van der Waals surface area contributed by atoms with Gasteiger partial charge in [0.1, 0.15) is 0 Å². The van der Waals surface area contributed by atoms with Gasteiger partial charge in [-0.2, -0.15) is 5.26 Å². The fraction of sp³-hybridized carbons (Fsp3) is 0.333. The summed E-state index contributed by atoms with van der Waals surface area (Å²) < 4.78 is 4.72. The van der Waals surface area contributed by atoms with E-state index in [9.17, 15) is 4.79 Å². The van der Waals surface area contributed by atoms with Crippen LogP contribution in [0.3, 0.4) is 0 Å². The van der Waals surface area contributed by atoms with Gasteiger partial charge in [0.05, 0.1) is 24.2 Å². The topological polar surface area (TPSA) is 50.1 Å². The third-order valence-electron chi connectivity index (χ3n) is 2.42. The number of nitrogens with zero attached hydrogens (tertiary/aromatic N) is 1. The molecule has 0 unspecified atom stereocenters. The highest BCUT2D eigenvalue weighted by molar-refractivity contribution is 5.83. The second-order valence-corrected chi connectivity index (χ2v) is 3.77. The number of ether oxygens (including phenoxy) is 1. The van der Waals surface area contributed by atoms with E-state index in [0.717, 1.165) is 0 Å². The Morgan fingerprint density at radius 1 is 1.40 bits per heavy atom. The number of hydrogen-bond donors (Lipinski definition) is 0. The van der Waals surface area contributed by atoms with E-state index in [0.29, 0.717) is 11.1 Å². The quantitative estimate of drug-likeness (QED) is 0.691. The molecule has 0 atom stereocenters. The molecular formula is C12H13NO2.